The average molecular weight is 305 g/mol. The number of alkyl halides is 3. The third kappa shape index (κ3) is 4.89. The molecule has 1 unspecified atom stereocenters. The van der Waals surface area contributed by atoms with Crippen molar-refractivity contribution in [1.82, 2.24) is 10.3 Å². The zero-order chi connectivity index (χ0) is 16.0. The van der Waals surface area contributed by atoms with Crippen LogP contribution in [0.1, 0.15) is 42.2 Å². The second-order valence-corrected chi connectivity index (χ2v) is 4.66. The molecule has 0 saturated carbocycles. The fourth-order valence-corrected chi connectivity index (χ4v) is 1.78. The molecule has 0 aliphatic carbocycles. The Balaban J connectivity index is 2.86. The predicted octanol–water partition coefficient (Wildman–Crippen LogP) is 1.64. The smallest absolute Gasteiger partial charge is 0.348 e. The van der Waals surface area contributed by atoms with E-state index in [1.54, 1.807) is 4.98 Å². The van der Waals surface area contributed by atoms with Crippen LogP contribution in [0.15, 0.2) is 16.9 Å². The molecule has 0 saturated heterocycles. The Labute approximate surface area is 119 Å². The van der Waals surface area contributed by atoms with E-state index in [0.29, 0.717) is 12.5 Å². The number of hydrogen-bond donors (Lipinski definition) is 3. The molecule has 0 aliphatic rings. The number of H-pyrrole nitrogens is 1. The van der Waals surface area contributed by atoms with E-state index in [0.717, 1.165) is 18.9 Å². The molecule has 1 aromatic heterocycles. The van der Waals surface area contributed by atoms with Gasteiger partial charge in [-0.15, -0.1) is 0 Å². The van der Waals surface area contributed by atoms with Crippen LogP contribution in [-0.4, -0.2) is 23.5 Å². The Morgan fingerprint density at radius 3 is 2.57 bits per heavy atom. The van der Waals surface area contributed by atoms with Gasteiger partial charge in [0.05, 0.1) is 0 Å². The van der Waals surface area contributed by atoms with Gasteiger partial charge in [0, 0.05) is 12.6 Å². The van der Waals surface area contributed by atoms with Gasteiger partial charge in [-0.1, -0.05) is 19.8 Å². The SMILES string of the molecule is CCCCC(CN)NC(=O)c1ccc(C(F)(F)F)[nH]c1=O. The maximum atomic E-state index is 12.4. The van der Waals surface area contributed by atoms with E-state index in [-0.39, 0.29) is 18.2 Å². The van der Waals surface area contributed by atoms with Crippen molar-refractivity contribution in [2.24, 2.45) is 5.73 Å². The van der Waals surface area contributed by atoms with Crippen molar-refractivity contribution >= 4 is 5.91 Å². The quantitative estimate of drug-likeness (QED) is 0.746. The molecular weight excluding hydrogens is 287 g/mol. The molecule has 0 aliphatic heterocycles. The van der Waals surface area contributed by atoms with E-state index in [2.05, 4.69) is 5.32 Å². The maximum absolute atomic E-state index is 12.4. The molecule has 5 nitrogen and oxygen atoms in total. The van der Waals surface area contributed by atoms with Crippen molar-refractivity contribution in [3.05, 3.63) is 33.7 Å². The summed E-state index contributed by atoms with van der Waals surface area (Å²) in [5, 5.41) is 2.55. The maximum Gasteiger partial charge on any atom is 0.431 e. The van der Waals surface area contributed by atoms with Crippen LogP contribution in [-0.2, 0) is 6.18 Å². The minimum absolute atomic E-state index is 0.199. The number of unbranched alkanes of at least 4 members (excludes halogenated alkanes) is 1. The molecule has 0 spiro atoms. The van der Waals surface area contributed by atoms with Gasteiger partial charge >= 0.3 is 6.18 Å². The van der Waals surface area contributed by atoms with E-state index in [9.17, 15) is 22.8 Å². The van der Waals surface area contributed by atoms with Crippen molar-refractivity contribution in [3.8, 4) is 0 Å². The standard InChI is InChI=1S/C13H18F3N3O2/c1-2-3-4-8(7-17)18-11(20)9-5-6-10(13(14,15)16)19-12(9)21/h5-6,8H,2-4,7,17H2,1H3,(H,18,20)(H,19,21). The highest BCUT2D eigenvalue weighted by Gasteiger charge is 2.32. The summed E-state index contributed by atoms with van der Waals surface area (Å²) in [6.07, 6.45) is -2.23. The minimum Gasteiger partial charge on any atom is -0.348 e. The molecule has 1 aromatic rings. The number of pyridine rings is 1. The lowest BCUT2D eigenvalue weighted by Crippen LogP contribution is -2.42. The molecule has 1 amide bonds. The highest BCUT2D eigenvalue weighted by molar-refractivity contribution is 5.94. The van der Waals surface area contributed by atoms with Crippen molar-refractivity contribution in [2.45, 2.75) is 38.4 Å². The van der Waals surface area contributed by atoms with Crippen LogP contribution in [0.25, 0.3) is 0 Å². The van der Waals surface area contributed by atoms with Crippen LogP contribution < -0.4 is 16.6 Å². The third-order valence-corrected chi connectivity index (χ3v) is 2.99. The Morgan fingerprint density at radius 1 is 1.43 bits per heavy atom. The monoisotopic (exact) mass is 305 g/mol. The molecule has 0 fully saturated rings. The minimum atomic E-state index is -4.66. The number of aromatic nitrogens is 1. The summed E-state index contributed by atoms with van der Waals surface area (Å²) in [6.45, 7) is 2.18. The number of hydrogen-bond acceptors (Lipinski definition) is 3. The first-order valence-corrected chi connectivity index (χ1v) is 6.61. The van der Waals surface area contributed by atoms with Crippen LogP contribution in [0.2, 0.25) is 0 Å². The Hall–Kier alpha value is -1.83. The van der Waals surface area contributed by atoms with Crippen molar-refractivity contribution in [3.63, 3.8) is 0 Å². The third-order valence-electron chi connectivity index (χ3n) is 2.99. The number of amides is 1. The molecule has 0 bridgehead atoms. The van der Waals surface area contributed by atoms with Crippen LogP contribution in [0.5, 0.6) is 0 Å². The molecule has 1 rings (SSSR count). The highest BCUT2D eigenvalue weighted by atomic mass is 19.4. The summed E-state index contributed by atoms with van der Waals surface area (Å²) < 4.78 is 37.3. The lowest BCUT2D eigenvalue weighted by molar-refractivity contribution is -0.141. The van der Waals surface area contributed by atoms with Crippen molar-refractivity contribution in [1.29, 1.82) is 0 Å². The Bertz CT molecular complexity index is 540. The average Bonchev–Trinajstić information content (AvgIpc) is 2.41. The fraction of sp³-hybridized carbons (Fsp3) is 0.538. The Morgan fingerprint density at radius 2 is 2.10 bits per heavy atom. The van der Waals surface area contributed by atoms with E-state index in [1.807, 2.05) is 6.92 Å². The highest BCUT2D eigenvalue weighted by Crippen LogP contribution is 2.26. The lowest BCUT2D eigenvalue weighted by Gasteiger charge is -2.16. The van der Waals surface area contributed by atoms with E-state index in [1.165, 1.54) is 0 Å². The second-order valence-electron chi connectivity index (χ2n) is 4.66. The molecule has 1 heterocycles. The number of carbonyl (C=O) groups excluding carboxylic acids is 1. The summed E-state index contributed by atoms with van der Waals surface area (Å²) in [5.74, 6) is -0.725. The lowest BCUT2D eigenvalue weighted by atomic mass is 10.1. The molecule has 1 atom stereocenters. The van der Waals surface area contributed by atoms with Gasteiger partial charge in [-0.05, 0) is 18.6 Å². The second kappa shape index (κ2) is 7.26. The van der Waals surface area contributed by atoms with Crippen LogP contribution in [0.4, 0.5) is 13.2 Å². The molecule has 118 valence electrons. The molecule has 0 radical (unpaired) electrons. The Kier molecular flexibility index (Phi) is 5.95. The summed E-state index contributed by atoms with van der Waals surface area (Å²) in [6, 6.07) is 1.23. The van der Waals surface area contributed by atoms with E-state index >= 15 is 0 Å². The van der Waals surface area contributed by atoms with Crippen LogP contribution in [0.3, 0.4) is 0 Å². The van der Waals surface area contributed by atoms with E-state index < -0.39 is 23.3 Å². The van der Waals surface area contributed by atoms with Crippen LogP contribution in [0, 0.1) is 0 Å². The first-order valence-electron chi connectivity index (χ1n) is 6.61. The van der Waals surface area contributed by atoms with Crippen LogP contribution >= 0.6 is 0 Å². The van der Waals surface area contributed by atoms with E-state index in [4.69, 9.17) is 5.73 Å². The number of nitrogens with two attached hydrogens (primary N) is 1. The number of nitrogens with one attached hydrogen (secondary N) is 2. The zero-order valence-corrected chi connectivity index (χ0v) is 11.6. The number of halogens is 3. The van der Waals surface area contributed by atoms with Gasteiger partial charge in [-0.25, -0.2) is 0 Å². The van der Waals surface area contributed by atoms with Gasteiger partial charge in [0.1, 0.15) is 11.3 Å². The molecule has 21 heavy (non-hydrogen) atoms. The summed E-state index contributed by atoms with van der Waals surface area (Å²) >= 11 is 0. The first kappa shape index (κ1) is 17.2. The molecule has 8 heteroatoms. The topological polar surface area (TPSA) is 88.0 Å². The number of aromatic amines is 1. The summed E-state index contributed by atoms with van der Waals surface area (Å²) in [4.78, 5) is 25.1. The van der Waals surface area contributed by atoms with Gasteiger partial charge in [-0.2, -0.15) is 13.2 Å². The predicted molar refractivity (Wildman–Crippen MR) is 71.9 cm³/mol. The van der Waals surface area contributed by atoms with Gasteiger partial charge in [-0.3, -0.25) is 9.59 Å². The molecular formula is C13H18F3N3O2. The van der Waals surface area contributed by atoms with Crippen molar-refractivity contribution < 1.29 is 18.0 Å². The van der Waals surface area contributed by atoms with Gasteiger partial charge in [0.15, 0.2) is 0 Å². The largest absolute Gasteiger partial charge is 0.431 e. The van der Waals surface area contributed by atoms with Gasteiger partial charge in [0.2, 0.25) is 0 Å². The normalized spacial score (nSPS) is 13.0. The van der Waals surface area contributed by atoms with Crippen molar-refractivity contribution in [2.75, 3.05) is 6.54 Å². The fourth-order valence-electron chi connectivity index (χ4n) is 1.78. The zero-order valence-electron chi connectivity index (χ0n) is 11.6. The molecule has 4 N–H and O–H groups in total. The first-order chi connectivity index (χ1) is 9.79. The van der Waals surface area contributed by atoms with Gasteiger partial charge < -0.3 is 16.0 Å². The molecule has 0 aromatic carbocycles. The van der Waals surface area contributed by atoms with Gasteiger partial charge in [0.25, 0.3) is 11.5 Å². The summed E-state index contributed by atoms with van der Waals surface area (Å²) in [5.41, 5.74) is 2.88. The summed E-state index contributed by atoms with van der Waals surface area (Å²) in [7, 11) is 0. The number of rotatable bonds is 6. The number of carbonyl (C=O) groups is 1.